The van der Waals surface area contributed by atoms with Crippen LogP contribution in [0, 0.1) is 0 Å². The molecule has 1 aromatic carbocycles. The van der Waals surface area contributed by atoms with Crippen molar-refractivity contribution in [2.75, 3.05) is 19.8 Å². The predicted molar refractivity (Wildman–Crippen MR) is 124 cm³/mol. The Morgan fingerprint density at radius 3 is 2.60 bits per heavy atom. The molecule has 0 spiro atoms. The van der Waals surface area contributed by atoms with Gasteiger partial charge in [-0.25, -0.2) is 0 Å². The minimum atomic E-state index is -0.158. The van der Waals surface area contributed by atoms with Crippen LogP contribution >= 0.6 is 28.1 Å². The van der Waals surface area contributed by atoms with Crippen LogP contribution < -0.4 is 14.8 Å². The van der Waals surface area contributed by atoms with Crippen LogP contribution in [0.25, 0.3) is 6.08 Å². The Morgan fingerprint density at radius 2 is 1.93 bits per heavy atom. The third-order valence-corrected chi connectivity index (χ3v) is 5.48. The molecular weight excluding hydrogens is 468 g/mol. The van der Waals surface area contributed by atoms with E-state index < -0.39 is 0 Å². The molecule has 0 aliphatic carbocycles. The number of carbonyl (C=O) groups excluding carboxylic acids is 1. The first-order chi connectivity index (χ1) is 14.5. The molecule has 9 heteroatoms. The van der Waals surface area contributed by atoms with Gasteiger partial charge in [-0.1, -0.05) is 6.07 Å². The van der Waals surface area contributed by atoms with Crippen LogP contribution in [0.15, 0.2) is 34.6 Å². The number of nitrogens with zero attached hydrogens (tertiary/aromatic N) is 3. The molecule has 1 aliphatic rings. The molecule has 1 fully saturated rings. The topological polar surface area (TPSA) is 68.6 Å². The summed E-state index contributed by atoms with van der Waals surface area (Å²) in [6.45, 7) is 8.22. The predicted octanol–water partition coefficient (Wildman–Crippen LogP) is 3.76. The van der Waals surface area contributed by atoms with Crippen molar-refractivity contribution in [3.63, 3.8) is 0 Å². The average Bonchev–Trinajstić information content (AvgIpc) is 3.21. The molecule has 1 N–H and O–H groups in total. The summed E-state index contributed by atoms with van der Waals surface area (Å²) in [4.78, 5) is 14.4. The van der Waals surface area contributed by atoms with Gasteiger partial charge in [0.2, 0.25) is 0 Å². The second kappa shape index (κ2) is 10.1. The lowest BCUT2D eigenvalue weighted by Gasteiger charge is -2.15. The van der Waals surface area contributed by atoms with Gasteiger partial charge in [0.25, 0.3) is 5.91 Å². The van der Waals surface area contributed by atoms with E-state index in [0.717, 1.165) is 22.3 Å². The molecule has 0 saturated carbocycles. The minimum Gasteiger partial charge on any atom is -0.490 e. The number of carbonyl (C=O) groups is 1. The molecule has 0 unspecified atom stereocenters. The fourth-order valence-corrected chi connectivity index (χ4v) is 3.79. The number of benzene rings is 1. The number of hydrogen-bond acceptors (Lipinski definition) is 5. The van der Waals surface area contributed by atoms with Crippen LogP contribution in [0.5, 0.6) is 11.5 Å². The zero-order valence-electron chi connectivity index (χ0n) is 17.3. The van der Waals surface area contributed by atoms with E-state index in [2.05, 4.69) is 26.3 Å². The normalized spacial score (nSPS) is 15.1. The number of rotatable bonds is 9. The maximum atomic E-state index is 12.9. The van der Waals surface area contributed by atoms with Gasteiger partial charge in [0, 0.05) is 19.3 Å². The van der Waals surface area contributed by atoms with Gasteiger partial charge < -0.3 is 14.8 Å². The lowest BCUT2D eigenvalue weighted by Crippen LogP contribution is -2.32. The quantitative estimate of drug-likeness (QED) is 0.424. The number of amides is 1. The summed E-state index contributed by atoms with van der Waals surface area (Å²) < 4.78 is 13.9. The summed E-state index contributed by atoms with van der Waals surface area (Å²) in [7, 11) is 0. The van der Waals surface area contributed by atoms with Crippen molar-refractivity contribution in [3.05, 3.63) is 45.8 Å². The number of thiocarbonyl (C=S) groups is 1. The van der Waals surface area contributed by atoms with Crippen LogP contribution in [0.2, 0.25) is 0 Å². The average molecular weight is 493 g/mol. The molecule has 0 radical (unpaired) electrons. The first kappa shape index (κ1) is 22.3. The van der Waals surface area contributed by atoms with Crippen molar-refractivity contribution < 1.29 is 14.3 Å². The Labute approximate surface area is 190 Å². The van der Waals surface area contributed by atoms with E-state index >= 15 is 0 Å². The second-order valence-corrected chi connectivity index (χ2v) is 7.80. The fraction of sp³-hybridized carbons (Fsp3) is 0.381. The molecule has 30 heavy (non-hydrogen) atoms. The second-order valence-electron chi connectivity index (χ2n) is 6.56. The maximum Gasteiger partial charge on any atom is 0.276 e. The van der Waals surface area contributed by atoms with E-state index in [9.17, 15) is 4.79 Å². The highest BCUT2D eigenvalue weighted by Crippen LogP contribution is 2.29. The molecule has 1 aromatic heterocycles. The third-order valence-electron chi connectivity index (χ3n) is 4.54. The summed E-state index contributed by atoms with van der Waals surface area (Å²) in [5, 5.41) is 7.84. The van der Waals surface area contributed by atoms with Gasteiger partial charge in [-0.05, 0) is 79.1 Å². The van der Waals surface area contributed by atoms with Gasteiger partial charge in [-0.2, -0.15) is 5.10 Å². The number of aryl methyl sites for hydroxylation is 1. The minimum absolute atomic E-state index is 0.158. The van der Waals surface area contributed by atoms with Crippen molar-refractivity contribution in [2.24, 2.45) is 0 Å². The summed E-state index contributed by atoms with van der Waals surface area (Å²) in [5.74, 6) is 1.27. The van der Waals surface area contributed by atoms with E-state index in [1.807, 2.05) is 45.2 Å². The number of halogens is 1. The van der Waals surface area contributed by atoms with Gasteiger partial charge in [0.05, 0.1) is 17.7 Å². The molecule has 0 atom stereocenters. The van der Waals surface area contributed by atoms with Gasteiger partial charge in [-0.3, -0.25) is 14.4 Å². The molecule has 2 aromatic rings. The van der Waals surface area contributed by atoms with Gasteiger partial charge in [-0.15, -0.1) is 0 Å². The first-order valence-corrected chi connectivity index (χ1v) is 11.1. The SMILES string of the molecule is CCOc1ccc(CCN2C(=O)/C(=C\c3nn(CC)cc3Br)NC2=S)cc1OCC. The van der Waals surface area contributed by atoms with Crippen LogP contribution in [0.1, 0.15) is 32.0 Å². The fourth-order valence-electron chi connectivity index (χ4n) is 3.08. The highest BCUT2D eigenvalue weighted by atomic mass is 79.9. The zero-order valence-corrected chi connectivity index (χ0v) is 19.7. The Bertz CT molecular complexity index is 973. The molecule has 1 saturated heterocycles. The van der Waals surface area contributed by atoms with Crippen molar-refractivity contribution >= 4 is 45.2 Å². The maximum absolute atomic E-state index is 12.9. The molecule has 1 amide bonds. The van der Waals surface area contributed by atoms with Crippen LogP contribution in [0.4, 0.5) is 0 Å². The smallest absolute Gasteiger partial charge is 0.276 e. The van der Waals surface area contributed by atoms with Crippen LogP contribution in [0.3, 0.4) is 0 Å². The molecule has 2 heterocycles. The molecule has 3 rings (SSSR count). The Hall–Kier alpha value is -2.39. The third kappa shape index (κ3) is 5.02. The highest BCUT2D eigenvalue weighted by molar-refractivity contribution is 9.10. The van der Waals surface area contributed by atoms with E-state index in [-0.39, 0.29) is 5.91 Å². The Kier molecular flexibility index (Phi) is 7.49. The molecular formula is C21H25BrN4O3S. The van der Waals surface area contributed by atoms with Gasteiger partial charge >= 0.3 is 0 Å². The van der Waals surface area contributed by atoms with Gasteiger partial charge in [0.15, 0.2) is 16.6 Å². The molecule has 1 aliphatic heterocycles. The first-order valence-electron chi connectivity index (χ1n) is 9.92. The lowest BCUT2D eigenvalue weighted by atomic mass is 10.1. The van der Waals surface area contributed by atoms with Crippen molar-refractivity contribution in [1.29, 1.82) is 0 Å². The number of nitrogens with one attached hydrogen (secondary N) is 1. The zero-order chi connectivity index (χ0) is 21.7. The summed E-state index contributed by atoms with van der Waals surface area (Å²) in [6.07, 6.45) is 4.24. The number of ether oxygens (including phenoxy) is 2. The standard InChI is InChI=1S/C21H25BrN4O3S/c1-4-25-13-15(22)16(24-25)12-17-20(27)26(21(30)23-17)10-9-14-7-8-18(28-5-2)19(11-14)29-6-3/h7-8,11-13H,4-6,9-10H2,1-3H3,(H,23,30)/b17-12+. The summed E-state index contributed by atoms with van der Waals surface area (Å²) in [5.41, 5.74) is 2.15. The lowest BCUT2D eigenvalue weighted by molar-refractivity contribution is -0.122. The van der Waals surface area contributed by atoms with E-state index in [0.29, 0.717) is 48.4 Å². The Balaban J connectivity index is 1.71. The largest absolute Gasteiger partial charge is 0.490 e. The molecule has 160 valence electrons. The van der Waals surface area contributed by atoms with Crippen molar-refractivity contribution in [3.8, 4) is 11.5 Å². The summed E-state index contributed by atoms with van der Waals surface area (Å²) >= 11 is 8.86. The monoisotopic (exact) mass is 492 g/mol. The Morgan fingerprint density at radius 1 is 1.20 bits per heavy atom. The van der Waals surface area contributed by atoms with Gasteiger partial charge in [0.1, 0.15) is 11.4 Å². The van der Waals surface area contributed by atoms with E-state index in [4.69, 9.17) is 21.7 Å². The van der Waals surface area contributed by atoms with Crippen molar-refractivity contribution in [2.45, 2.75) is 33.7 Å². The summed E-state index contributed by atoms with van der Waals surface area (Å²) in [6, 6.07) is 5.84. The number of hydrogen-bond donors (Lipinski definition) is 1. The van der Waals surface area contributed by atoms with Crippen LogP contribution in [-0.2, 0) is 17.8 Å². The molecule has 7 nitrogen and oxygen atoms in total. The highest BCUT2D eigenvalue weighted by Gasteiger charge is 2.30. The van der Waals surface area contributed by atoms with Crippen LogP contribution in [-0.4, -0.2) is 45.5 Å². The molecule has 0 bridgehead atoms. The van der Waals surface area contributed by atoms with E-state index in [1.54, 1.807) is 15.7 Å². The number of aromatic nitrogens is 2. The van der Waals surface area contributed by atoms with Crippen molar-refractivity contribution in [1.82, 2.24) is 20.0 Å². The van der Waals surface area contributed by atoms with E-state index in [1.165, 1.54) is 0 Å².